The van der Waals surface area contributed by atoms with Crippen molar-refractivity contribution >= 4 is 35.7 Å². The van der Waals surface area contributed by atoms with Crippen LogP contribution in [0, 0.1) is 24.7 Å². The van der Waals surface area contributed by atoms with Crippen molar-refractivity contribution in [1.29, 1.82) is 0 Å². The Labute approximate surface area is 262 Å². The standard InChI is InChI=1S/C33H44N4O6S/c1-6-19-15(2)24(36-33(19)43)11-22-16(3)20(7-9-29(38)39)25(34-22)13-26-21(8-10-30(40)41)17(4)23(35-26)12-27-31(28-14-44-28)18(5)32(42)37-27/h6,13,15,18,22,24,27-28,31,34-36,43H,1,7-12,14H2,2-5H3,(H,37,42)(H,38,39)(H,40,41)/b25-13-/t15?,18-,22?,24-,27?,28+,31-/m1/s1. The highest BCUT2D eigenvalue weighted by Crippen LogP contribution is 2.45. The first-order chi connectivity index (χ1) is 20.9. The number of carboxylic acids is 2. The Bertz CT molecular complexity index is 1450. The zero-order chi connectivity index (χ0) is 31.9. The van der Waals surface area contributed by atoms with E-state index in [9.17, 15) is 29.7 Å². The number of thioether (sulfide) groups is 1. The molecule has 44 heavy (non-hydrogen) atoms. The van der Waals surface area contributed by atoms with Crippen molar-refractivity contribution in [3.05, 3.63) is 63.5 Å². The topological polar surface area (TPSA) is 164 Å². The molecule has 0 saturated carbocycles. The van der Waals surface area contributed by atoms with Gasteiger partial charge in [0.2, 0.25) is 5.91 Å². The monoisotopic (exact) mass is 624 g/mol. The molecule has 5 heterocycles. The Morgan fingerprint density at radius 2 is 1.70 bits per heavy atom. The second-order valence-corrected chi connectivity index (χ2v) is 13.9. The number of aliphatic hydroxyl groups excluding tert-OH is 1. The summed E-state index contributed by atoms with van der Waals surface area (Å²) in [7, 11) is 0. The number of nitrogens with one attached hydrogen (secondary N) is 4. The van der Waals surface area contributed by atoms with Crippen LogP contribution < -0.4 is 16.0 Å². The van der Waals surface area contributed by atoms with Crippen LogP contribution in [0.5, 0.6) is 0 Å². The van der Waals surface area contributed by atoms with Crippen LogP contribution in [0.25, 0.3) is 6.08 Å². The number of carbonyl (C=O) groups is 3. The molecular weight excluding hydrogens is 580 g/mol. The average Bonchev–Trinajstić information content (AvgIpc) is 3.53. The average molecular weight is 625 g/mol. The van der Waals surface area contributed by atoms with E-state index in [1.54, 1.807) is 6.08 Å². The number of aromatic amines is 1. The zero-order valence-corrected chi connectivity index (χ0v) is 26.6. The molecule has 7 atom stereocenters. The lowest BCUT2D eigenvalue weighted by molar-refractivity contribution is -0.138. The van der Waals surface area contributed by atoms with Crippen molar-refractivity contribution in [3.63, 3.8) is 0 Å². The minimum atomic E-state index is -0.876. The fourth-order valence-corrected chi connectivity index (χ4v) is 8.27. The van der Waals surface area contributed by atoms with Gasteiger partial charge in [0, 0.05) is 88.8 Å². The van der Waals surface area contributed by atoms with E-state index in [4.69, 9.17) is 0 Å². The van der Waals surface area contributed by atoms with E-state index in [2.05, 4.69) is 27.5 Å². The molecule has 1 aromatic heterocycles. The second kappa shape index (κ2) is 12.8. The first-order valence-electron chi connectivity index (χ1n) is 15.5. The quantitative estimate of drug-likeness (QED) is 0.159. The molecule has 0 spiro atoms. The molecule has 2 fully saturated rings. The van der Waals surface area contributed by atoms with Crippen molar-refractivity contribution in [3.8, 4) is 0 Å². The molecule has 0 aromatic carbocycles. The highest BCUT2D eigenvalue weighted by molar-refractivity contribution is 8.06. The van der Waals surface area contributed by atoms with E-state index in [0.29, 0.717) is 30.9 Å². The van der Waals surface area contributed by atoms with Gasteiger partial charge in [0.1, 0.15) is 0 Å². The van der Waals surface area contributed by atoms with E-state index in [1.165, 1.54) is 0 Å². The third-order valence-electron chi connectivity index (χ3n) is 10.0. The van der Waals surface area contributed by atoms with E-state index in [1.807, 2.05) is 45.5 Å². The fraction of sp³-hybridized carbons (Fsp3) is 0.545. The molecule has 1 amide bonds. The molecule has 0 aliphatic carbocycles. The molecule has 3 unspecified atom stereocenters. The van der Waals surface area contributed by atoms with Crippen LogP contribution in [0.3, 0.4) is 0 Å². The number of aromatic nitrogens is 1. The van der Waals surface area contributed by atoms with Crippen LogP contribution >= 0.6 is 11.8 Å². The molecule has 2 saturated heterocycles. The maximum atomic E-state index is 12.6. The van der Waals surface area contributed by atoms with E-state index >= 15 is 0 Å². The van der Waals surface area contributed by atoms with Crippen molar-refractivity contribution in [2.45, 2.75) is 89.6 Å². The Kier molecular flexibility index (Phi) is 9.25. The van der Waals surface area contributed by atoms with Crippen molar-refractivity contribution in [1.82, 2.24) is 20.9 Å². The number of aliphatic hydroxyl groups is 1. The predicted molar refractivity (Wildman–Crippen MR) is 171 cm³/mol. The maximum Gasteiger partial charge on any atom is 0.303 e. The lowest BCUT2D eigenvalue weighted by Gasteiger charge is -2.23. The third kappa shape index (κ3) is 6.43. The van der Waals surface area contributed by atoms with Gasteiger partial charge in [-0.25, -0.2) is 0 Å². The van der Waals surface area contributed by atoms with Gasteiger partial charge in [-0.1, -0.05) is 26.5 Å². The molecule has 4 aliphatic heterocycles. The number of carboxylic acid groups (broad SMARTS) is 2. The highest BCUT2D eigenvalue weighted by atomic mass is 32.2. The molecule has 4 aliphatic rings. The van der Waals surface area contributed by atoms with Crippen LogP contribution in [0.15, 0.2) is 41.0 Å². The van der Waals surface area contributed by atoms with Gasteiger partial charge in [0.25, 0.3) is 0 Å². The summed E-state index contributed by atoms with van der Waals surface area (Å²) in [5.74, 6) is -0.165. The fourth-order valence-electron chi connectivity index (χ4n) is 7.29. The smallest absolute Gasteiger partial charge is 0.303 e. The van der Waals surface area contributed by atoms with E-state index in [0.717, 1.165) is 50.7 Å². The largest absolute Gasteiger partial charge is 0.495 e. The lowest BCUT2D eigenvalue weighted by atomic mass is 9.86. The number of rotatable bonds is 13. The van der Waals surface area contributed by atoms with Gasteiger partial charge in [-0.3, -0.25) is 14.4 Å². The molecule has 0 radical (unpaired) electrons. The summed E-state index contributed by atoms with van der Waals surface area (Å²) in [6.07, 6.45) is 5.65. The molecule has 10 nitrogen and oxygen atoms in total. The highest BCUT2D eigenvalue weighted by Gasteiger charge is 2.48. The Morgan fingerprint density at radius 1 is 1.02 bits per heavy atom. The van der Waals surface area contributed by atoms with E-state index < -0.39 is 11.9 Å². The summed E-state index contributed by atoms with van der Waals surface area (Å²) < 4.78 is 0. The molecule has 5 rings (SSSR count). The van der Waals surface area contributed by atoms with Crippen molar-refractivity contribution in [2.24, 2.45) is 17.8 Å². The third-order valence-corrected chi connectivity index (χ3v) is 11.1. The number of carbonyl (C=O) groups excluding carboxylic acids is 1. The van der Waals surface area contributed by atoms with Gasteiger partial charge >= 0.3 is 11.9 Å². The number of aliphatic carboxylic acids is 2. The van der Waals surface area contributed by atoms with Gasteiger partial charge in [0.15, 0.2) is 5.88 Å². The normalized spacial score (nSPS) is 30.5. The summed E-state index contributed by atoms with van der Waals surface area (Å²) >= 11 is 1.89. The van der Waals surface area contributed by atoms with Crippen LogP contribution in [0.4, 0.5) is 0 Å². The maximum absolute atomic E-state index is 12.6. The van der Waals surface area contributed by atoms with Gasteiger partial charge < -0.3 is 36.3 Å². The van der Waals surface area contributed by atoms with E-state index in [-0.39, 0.29) is 60.5 Å². The second-order valence-electron chi connectivity index (χ2n) is 12.7. The Balaban J connectivity index is 1.45. The van der Waals surface area contributed by atoms with Crippen LogP contribution in [-0.4, -0.2) is 67.3 Å². The van der Waals surface area contributed by atoms with Gasteiger partial charge in [-0.05, 0) is 61.5 Å². The minimum Gasteiger partial charge on any atom is -0.495 e. The Morgan fingerprint density at radius 3 is 2.32 bits per heavy atom. The minimum absolute atomic E-state index is 0.0105. The van der Waals surface area contributed by atoms with Crippen molar-refractivity contribution in [2.75, 3.05) is 5.75 Å². The van der Waals surface area contributed by atoms with Gasteiger partial charge in [-0.2, -0.15) is 11.8 Å². The summed E-state index contributed by atoms with van der Waals surface area (Å²) in [4.78, 5) is 39.3. The number of hydrogen-bond acceptors (Lipinski definition) is 7. The summed E-state index contributed by atoms with van der Waals surface area (Å²) in [5.41, 5.74) is 7.30. The Hall–Kier alpha value is -3.60. The predicted octanol–water partition coefficient (Wildman–Crippen LogP) is 4.20. The van der Waals surface area contributed by atoms with Crippen LogP contribution in [0.2, 0.25) is 0 Å². The molecular formula is C33H44N4O6S. The van der Waals surface area contributed by atoms with Gasteiger partial charge in [-0.15, -0.1) is 0 Å². The first-order valence-corrected chi connectivity index (χ1v) is 16.5. The number of amides is 1. The molecule has 1 aromatic rings. The number of hydrogen-bond donors (Lipinski definition) is 7. The molecule has 0 bridgehead atoms. The molecule has 238 valence electrons. The number of H-pyrrole nitrogens is 1. The summed E-state index contributed by atoms with van der Waals surface area (Å²) in [6, 6.07) is -0.0918. The first kappa shape index (κ1) is 31.8. The number of allylic oxidation sites excluding steroid dienone is 2. The molecule has 7 N–H and O–H groups in total. The zero-order valence-electron chi connectivity index (χ0n) is 25.8. The summed E-state index contributed by atoms with van der Waals surface area (Å²) in [5, 5.41) is 39.8. The van der Waals surface area contributed by atoms with Gasteiger partial charge in [0.05, 0.1) is 0 Å². The lowest BCUT2D eigenvalue weighted by Crippen LogP contribution is -2.36. The SMILES string of the molecule is C=CC1=C(O)N[C@H](CC2N/C(=C\c3[nH]c(CC4NC(=O)[C@H](C)[C@H]4[C@@H]4CS4)c(C)c3CCC(=O)O)C(CCC(=O)O)=C2C)C1C. The van der Waals surface area contributed by atoms with Crippen LogP contribution in [-0.2, 0) is 27.2 Å². The summed E-state index contributed by atoms with van der Waals surface area (Å²) in [6.45, 7) is 11.9. The molecule has 11 heteroatoms. The van der Waals surface area contributed by atoms with Crippen molar-refractivity contribution < 1.29 is 29.7 Å². The van der Waals surface area contributed by atoms with Crippen LogP contribution in [0.1, 0.15) is 69.0 Å².